The van der Waals surface area contributed by atoms with Crippen molar-refractivity contribution in [3.05, 3.63) is 125 Å². The van der Waals surface area contributed by atoms with Crippen molar-refractivity contribution >= 4 is 23.6 Å². The first kappa shape index (κ1) is 32.2. The van der Waals surface area contributed by atoms with Gasteiger partial charge in [-0.05, 0) is 52.9 Å². The molecule has 9 nitrogen and oxygen atoms in total. The summed E-state index contributed by atoms with van der Waals surface area (Å²) in [6.45, 7) is 3.06. The fourth-order valence-corrected chi connectivity index (χ4v) is 6.02. The summed E-state index contributed by atoms with van der Waals surface area (Å²) in [5.41, 5.74) is 5.48. The summed E-state index contributed by atoms with van der Waals surface area (Å²) in [6, 6.07) is 28.9. The zero-order chi connectivity index (χ0) is 31.8. The Balaban J connectivity index is 1.34. The molecule has 1 aromatic heterocycles. The molecule has 2 N–H and O–H groups in total. The van der Waals surface area contributed by atoms with E-state index in [9.17, 15) is 19.9 Å². The Morgan fingerprint density at radius 1 is 0.978 bits per heavy atom. The second-order valence-electron chi connectivity index (χ2n) is 10.8. The summed E-state index contributed by atoms with van der Waals surface area (Å²) in [5.74, 6) is -0.302. The number of pyridine rings is 1. The number of carbonyl (C=O) groups is 2. The van der Waals surface area contributed by atoms with Gasteiger partial charge in [-0.1, -0.05) is 72.4 Å². The summed E-state index contributed by atoms with van der Waals surface area (Å²) >= 11 is 1.45. The van der Waals surface area contributed by atoms with Crippen LogP contribution in [-0.2, 0) is 37.0 Å². The number of aliphatic hydroxyl groups is 1. The zero-order valence-electron chi connectivity index (χ0n) is 25.1. The van der Waals surface area contributed by atoms with E-state index >= 15 is 0 Å². The lowest BCUT2D eigenvalue weighted by atomic mass is 9.99. The number of hydrogen-bond acceptors (Lipinski definition) is 8. The van der Waals surface area contributed by atoms with Crippen molar-refractivity contribution in [3.63, 3.8) is 0 Å². The Morgan fingerprint density at radius 2 is 1.73 bits per heavy atom. The van der Waals surface area contributed by atoms with E-state index in [-0.39, 0.29) is 31.3 Å². The summed E-state index contributed by atoms with van der Waals surface area (Å²) in [4.78, 5) is 23.5. The molecule has 4 atom stereocenters. The molecule has 1 fully saturated rings. The van der Waals surface area contributed by atoms with Crippen LogP contribution in [0, 0.1) is 5.21 Å². The quantitative estimate of drug-likeness (QED) is 0.0983. The van der Waals surface area contributed by atoms with Gasteiger partial charge in [-0.3, -0.25) is 9.59 Å². The van der Waals surface area contributed by atoms with Gasteiger partial charge in [0.25, 0.3) is 10.9 Å². The minimum absolute atomic E-state index is 0.0309. The van der Waals surface area contributed by atoms with Crippen LogP contribution in [0.2, 0.25) is 0 Å². The van der Waals surface area contributed by atoms with E-state index in [1.165, 1.54) is 31.8 Å². The maximum atomic E-state index is 12.3. The molecule has 1 aliphatic rings. The smallest absolute Gasteiger partial charge is 0.303 e. The summed E-state index contributed by atoms with van der Waals surface area (Å²) in [5, 5.41) is 25.1. The van der Waals surface area contributed by atoms with Gasteiger partial charge in [0, 0.05) is 43.3 Å². The van der Waals surface area contributed by atoms with Crippen molar-refractivity contribution in [2.75, 3.05) is 5.75 Å². The standard InChI is InChI=1S/C35H36N2O7S/c1-23(42-24(2)39)34(40)36-20-26-7-5-8-28(17-26)29-9-6-10-30(18-29)35-43-31(22-45-33-11-3-4-16-37(33)41)19-32(44-35)27-14-12-25(21-38)13-15-27/h3-18,23,31-32,35,38H,19-22H2,1-2H3,(H,36,40). The van der Waals surface area contributed by atoms with Crippen LogP contribution in [0.4, 0.5) is 0 Å². The van der Waals surface area contributed by atoms with Crippen molar-refractivity contribution in [3.8, 4) is 11.1 Å². The number of aromatic nitrogens is 1. The number of nitrogens with zero attached hydrogens (tertiary/aromatic N) is 1. The van der Waals surface area contributed by atoms with Crippen LogP contribution in [0.15, 0.2) is 102 Å². The van der Waals surface area contributed by atoms with E-state index in [4.69, 9.17) is 14.2 Å². The van der Waals surface area contributed by atoms with E-state index in [2.05, 4.69) is 5.32 Å². The predicted octanol–water partition coefficient (Wildman–Crippen LogP) is 5.38. The zero-order valence-corrected chi connectivity index (χ0v) is 25.9. The molecule has 234 valence electrons. The van der Waals surface area contributed by atoms with Gasteiger partial charge in [0.15, 0.2) is 18.6 Å². The van der Waals surface area contributed by atoms with Crippen LogP contribution < -0.4 is 10.0 Å². The fraction of sp³-hybridized carbons (Fsp3) is 0.286. The number of hydrogen-bond donors (Lipinski definition) is 2. The van der Waals surface area contributed by atoms with Gasteiger partial charge in [-0.25, -0.2) is 0 Å². The maximum absolute atomic E-state index is 12.3. The summed E-state index contributed by atoms with van der Waals surface area (Å²) in [7, 11) is 0. The molecule has 0 bridgehead atoms. The highest BCUT2D eigenvalue weighted by molar-refractivity contribution is 7.99. The minimum atomic E-state index is -0.870. The first-order valence-electron chi connectivity index (χ1n) is 14.7. The third-order valence-electron chi connectivity index (χ3n) is 7.42. The van der Waals surface area contributed by atoms with Gasteiger partial charge in [-0.2, -0.15) is 4.73 Å². The molecule has 10 heteroatoms. The largest absolute Gasteiger partial charge is 0.618 e. The van der Waals surface area contributed by atoms with Crippen LogP contribution >= 0.6 is 11.8 Å². The van der Waals surface area contributed by atoms with Gasteiger partial charge < -0.3 is 29.8 Å². The highest BCUT2D eigenvalue weighted by Gasteiger charge is 2.33. The van der Waals surface area contributed by atoms with Crippen LogP contribution in [-0.4, -0.2) is 34.9 Å². The second kappa shape index (κ2) is 15.2. The average Bonchev–Trinajstić information content (AvgIpc) is 3.06. The molecule has 0 aliphatic carbocycles. The topological polar surface area (TPSA) is 121 Å². The maximum Gasteiger partial charge on any atom is 0.303 e. The van der Waals surface area contributed by atoms with Gasteiger partial charge in [0.05, 0.1) is 18.8 Å². The van der Waals surface area contributed by atoms with Crippen LogP contribution in [0.25, 0.3) is 11.1 Å². The lowest BCUT2D eigenvalue weighted by molar-refractivity contribution is -0.645. The number of thioether (sulfide) groups is 1. The summed E-state index contributed by atoms with van der Waals surface area (Å²) in [6.07, 6.45) is 0.137. The summed E-state index contributed by atoms with van der Waals surface area (Å²) < 4.78 is 18.8. The molecule has 2 heterocycles. The molecule has 45 heavy (non-hydrogen) atoms. The van der Waals surface area contributed by atoms with Crippen molar-refractivity contribution in [1.82, 2.24) is 5.32 Å². The molecule has 0 saturated carbocycles. The third-order valence-corrected chi connectivity index (χ3v) is 8.57. The molecule has 4 aromatic rings. The monoisotopic (exact) mass is 628 g/mol. The third kappa shape index (κ3) is 8.70. The van der Waals surface area contributed by atoms with Gasteiger partial charge in [-0.15, -0.1) is 0 Å². The van der Waals surface area contributed by atoms with Crippen LogP contribution in [0.3, 0.4) is 0 Å². The number of rotatable bonds is 11. The number of nitrogens with one attached hydrogen (secondary N) is 1. The lowest BCUT2D eigenvalue weighted by Crippen LogP contribution is -2.35. The first-order valence-corrected chi connectivity index (χ1v) is 15.7. The molecule has 1 saturated heterocycles. The molecule has 1 amide bonds. The molecule has 1 aliphatic heterocycles. The van der Waals surface area contributed by atoms with Gasteiger partial charge >= 0.3 is 5.97 Å². The lowest BCUT2D eigenvalue weighted by Gasteiger charge is -2.36. The molecule has 3 aromatic carbocycles. The Bertz CT molecular complexity index is 1610. The van der Waals surface area contributed by atoms with Gasteiger partial charge in [0.1, 0.15) is 0 Å². The van der Waals surface area contributed by atoms with E-state index in [1.54, 1.807) is 12.1 Å². The van der Waals surface area contributed by atoms with Crippen molar-refractivity contribution < 1.29 is 33.6 Å². The second-order valence-corrected chi connectivity index (χ2v) is 11.9. The Hall–Kier alpha value is -4.22. The Kier molecular flexibility index (Phi) is 10.9. The van der Waals surface area contributed by atoms with Crippen molar-refractivity contribution in [2.24, 2.45) is 0 Å². The Morgan fingerprint density at radius 3 is 2.47 bits per heavy atom. The fourth-order valence-electron chi connectivity index (χ4n) is 5.09. The number of aliphatic hydroxyl groups excluding tert-OH is 1. The first-order chi connectivity index (χ1) is 21.8. The normalized spacial score (nSPS) is 18.6. The molecule has 5 rings (SSSR count). The van der Waals surface area contributed by atoms with E-state index in [1.807, 2.05) is 78.9 Å². The van der Waals surface area contributed by atoms with Crippen LogP contribution in [0.5, 0.6) is 0 Å². The number of ether oxygens (including phenoxy) is 3. The van der Waals surface area contributed by atoms with E-state index < -0.39 is 18.4 Å². The number of amides is 1. The Labute approximate surface area is 266 Å². The SMILES string of the molecule is CC(=O)OC(C)C(=O)NCc1cccc(-c2cccc(C3OC(CSc4cccc[n+]4[O-])CC(c4ccc(CO)cc4)O3)c2)c1. The van der Waals surface area contributed by atoms with E-state index in [0.717, 1.165) is 38.1 Å². The molecular weight excluding hydrogens is 592 g/mol. The highest BCUT2D eigenvalue weighted by Crippen LogP contribution is 2.40. The van der Waals surface area contributed by atoms with Crippen molar-refractivity contribution in [2.45, 2.75) is 63.0 Å². The number of benzene rings is 3. The molecule has 4 unspecified atom stereocenters. The molecule has 0 spiro atoms. The predicted molar refractivity (Wildman–Crippen MR) is 170 cm³/mol. The molecule has 0 radical (unpaired) electrons. The van der Waals surface area contributed by atoms with Crippen molar-refractivity contribution in [1.29, 1.82) is 0 Å². The van der Waals surface area contributed by atoms with Gasteiger partial charge in [0.2, 0.25) is 0 Å². The number of esters is 1. The molecular formula is C35H36N2O7S. The minimum Gasteiger partial charge on any atom is -0.618 e. The van der Waals surface area contributed by atoms with E-state index in [0.29, 0.717) is 17.2 Å². The highest BCUT2D eigenvalue weighted by atomic mass is 32.2. The number of carbonyl (C=O) groups excluding carboxylic acids is 2. The van der Waals surface area contributed by atoms with Crippen LogP contribution in [0.1, 0.15) is 54.9 Å². The average molecular weight is 629 g/mol.